The summed E-state index contributed by atoms with van der Waals surface area (Å²) in [5, 5.41) is -1.03. The molecule has 0 bridgehead atoms. The Morgan fingerprint density at radius 1 is 1.04 bits per heavy atom. The fraction of sp³-hybridized carbons (Fsp3) is 0.571. The number of hydrogen-bond acceptors (Lipinski definition) is 7. The second-order valence-corrected chi connectivity index (χ2v) is 12.5. The number of rotatable bonds is 4. The molecule has 0 aliphatic carbocycles. The van der Waals surface area contributed by atoms with Crippen LogP contribution >= 0.6 is 0 Å². The lowest BCUT2D eigenvalue weighted by Crippen LogP contribution is -2.40. The molecule has 1 aromatic carbocycles. The summed E-state index contributed by atoms with van der Waals surface area (Å²) >= 11 is 0. The number of morpholine rings is 1. The van der Waals surface area contributed by atoms with Crippen molar-refractivity contribution < 1.29 is 30.0 Å². The van der Waals surface area contributed by atoms with E-state index in [4.69, 9.17) is 4.74 Å². The first kappa shape index (κ1) is 18.8. The van der Waals surface area contributed by atoms with E-state index in [-0.39, 0.29) is 48.3 Å². The van der Waals surface area contributed by atoms with Crippen molar-refractivity contribution in [1.29, 1.82) is 0 Å². The Labute approximate surface area is 147 Å². The summed E-state index contributed by atoms with van der Waals surface area (Å²) in [6.45, 7) is 0.995. The summed E-state index contributed by atoms with van der Waals surface area (Å²) in [6, 6.07) is 5.13. The van der Waals surface area contributed by atoms with E-state index in [2.05, 4.69) is 0 Å². The highest BCUT2D eigenvalue weighted by atomic mass is 32.2. The Hall–Kier alpha value is -1.01. The number of nitrogens with zero attached hydrogens (tertiary/aromatic N) is 1. The monoisotopic (exact) mass is 409 g/mol. The predicted molar refractivity (Wildman–Crippen MR) is 90.3 cm³/mol. The summed E-state index contributed by atoms with van der Waals surface area (Å²) in [6.07, 6.45) is 0.0328. The minimum absolute atomic E-state index is 0.0328. The quantitative estimate of drug-likeness (QED) is 0.669. The van der Waals surface area contributed by atoms with Crippen LogP contribution in [0.5, 0.6) is 0 Å². The lowest BCUT2D eigenvalue weighted by molar-refractivity contribution is 0.0730. The third kappa shape index (κ3) is 3.75. The predicted octanol–water partition coefficient (Wildman–Crippen LogP) is -0.332. The van der Waals surface area contributed by atoms with Gasteiger partial charge < -0.3 is 4.74 Å². The van der Waals surface area contributed by atoms with Crippen LogP contribution in [0, 0.1) is 0 Å². The summed E-state index contributed by atoms with van der Waals surface area (Å²) in [5.74, 6) is -0.585. The van der Waals surface area contributed by atoms with Gasteiger partial charge in [-0.2, -0.15) is 4.31 Å². The van der Waals surface area contributed by atoms with Gasteiger partial charge in [0, 0.05) is 13.1 Å². The van der Waals surface area contributed by atoms with E-state index < -0.39 is 40.7 Å². The van der Waals surface area contributed by atoms with E-state index in [0.717, 1.165) is 6.07 Å². The largest absolute Gasteiger partial charge is 0.379 e. The summed E-state index contributed by atoms with van der Waals surface area (Å²) in [5.41, 5.74) is 0. The van der Waals surface area contributed by atoms with Crippen LogP contribution in [0.4, 0.5) is 0 Å². The molecule has 2 aliphatic heterocycles. The molecular formula is C14H19NO7S3. The summed E-state index contributed by atoms with van der Waals surface area (Å²) in [7, 11) is -11.1. The van der Waals surface area contributed by atoms with E-state index in [0.29, 0.717) is 0 Å². The Kier molecular flexibility index (Phi) is 4.97. The van der Waals surface area contributed by atoms with Gasteiger partial charge in [-0.1, -0.05) is 6.07 Å². The molecule has 1 atom stereocenters. The van der Waals surface area contributed by atoms with Gasteiger partial charge in [-0.15, -0.1) is 0 Å². The lowest BCUT2D eigenvalue weighted by Gasteiger charge is -2.26. The van der Waals surface area contributed by atoms with E-state index in [1.165, 1.54) is 22.5 Å². The number of hydrogen-bond donors (Lipinski definition) is 0. The Morgan fingerprint density at radius 2 is 1.68 bits per heavy atom. The molecule has 0 N–H and O–H groups in total. The Balaban J connectivity index is 1.94. The maximum absolute atomic E-state index is 12.7. The highest BCUT2D eigenvalue weighted by Gasteiger charge is 2.38. The molecular weight excluding hydrogens is 390 g/mol. The van der Waals surface area contributed by atoms with Crippen molar-refractivity contribution in [3.05, 3.63) is 24.3 Å². The molecule has 25 heavy (non-hydrogen) atoms. The molecule has 2 fully saturated rings. The molecule has 2 saturated heterocycles. The van der Waals surface area contributed by atoms with Gasteiger partial charge in [0.1, 0.15) is 0 Å². The van der Waals surface area contributed by atoms with Crippen LogP contribution in [0.1, 0.15) is 6.42 Å². The molecule has 0 spiro atoms. The van der Waals surface area contributed by atoms with Crippen molar-refractivity contribution in [3.8, 4) is 0 Å². The van der Waals surface area contributed by atoms with Crippen LogP contribution in [0.25, 0.3) is 0 Å². The third-order valence-electron chi connectivity index (χ3n) is 4.37. The van der Waals surface area contributed by atoms with Crippen molar-refractivity contribution in [2.24, 2.45) is 0 Å². The van der Waals surface area contributed by atoms with Crippen molar-refractivity contribution in [2.75, 3.05) is 37.8 Å². The first-order valence-corrected chi connectivity index (χ1v) is 12.6. The second-order valence-electron chi connectivity index (χ2n) is 6.06. The topological polar surface area (TPSA) is 115 Å². The van der Waals surface area contributed by atoms with Crippen molar-refractivity contribution in [1.82, 2.24) is 4.31 Å². The van der Waals surface area contributed by atoms with E-state index in [9.17, 15) is 25.3 Å². The molecule has 0 radical (unpaired) electrons. The SMILES string of the molecule is O=S1(=O)CC[C@@H](S(=O)(=O)c2cccc(S(=O)(=O)N3CCOCC3)c2)C1. The Morgan fingerprint density at radius 3 is 2.28 bits per heavy atom. The Bertz CT molecular complexity index is 961. The molecule has 2 aliphatic rings. The molecule has 0 amide bonds. The number of sulfonamides is 1. The third-order valence-corrected chi connectivity index (χ3v) is 10.4. The molecule has 0 aromatic heterocycles. The van der Waals surface area contributed by atoms with Crippen molar-refractivity contribution in [3.63, 3.8) is 0 Å². The molecule has 0 saturated carbocycles. The molecule has 8 nitrogen and oxygen atoms in total. The first-order valence-electron chi connectivity index (χ1n) is 7.75. The van der Waals surface area contributed by atoms with Crippen LogP contribution in [0.15, 0.2) is 34.1 Å². The highest BCUT2D eigenvalue weighted by Crippen LogP contribution is 2.27. The van der Waals surface area contributed by atoms with E-state index in [1.54, 1.807) is 0 Å². The fourth-order valence-electron chi connectivity index (χ4n) is 2.95. The second kappa shape index (κ2) is 6.62. The number of sulfone groups is 2. The first-order chi connectivity index (χ1) is 11.6. The summed E-state index contributed by atoms with van der Waals surface area (Å²) in [4.78, 5) is -0.278. The molecule has 3 rings (SSSR count). The zero-order chi connectivity index (χ0) is 18.3. The average Bonchev–Trinajstić information content (AvgIpc) is 2.96. The van der Waals surface area contributed by atoms with Crippen molar-refractivity contribution >= 4 is 29.7 Å². The maximum Gasteiger partial charge on any atom is 0.243 e. The molecule has 140 valence electrons. The van der Waals surface area contributed by atoms with Gasteiger partial charge in [0.15, 0.2) is 19.7 Å². The van der Waals surface area contributed by atoms with Crippen LogP contribution in [0.2, 0.25) is 0 Å². The van der Waals surface area contributed by atoms with Crippen molar-refractivity contribution in [2.45, 2.75) is 21.5 Å². The minimum atomic E-state index is -3.91. The number of ether oxygens (including phenoxy) is 1. The number of benzene rings is 1. The smallest absolute Gasteiger partial charge is 0.243 e. The summed E-state index contributed by atoms with van der Waals surface area (Å²) < 4.78 is 80.2. The zero-order valence-electron chi connectivity index (χ0n) is 13.4. The zero-order valence-corrected chi connectivity index (χ0v) is 15.8. The molecule has 1 aromatic rings. The van der Waals surface area contributed by atoms with Gasteiger partial charge in [0.25, 0.3) is 0 Å². The van der Waals surface area contributed by atoms with Crippen LogP contribution in [-0.4, -0.2) is 72.6 Å². The normalized spacial score (nSPS) is 25.0. The lowest BCUT2D eigenvalue weighted by atomic mass is 10.4. The minimum Gasteiger partial charge on any atom is -0.379 e. The van der Waals surface area contributed by atoms with E-state index >= 15 is 0 Å². The van der Waals surface area contributed by atoms with Crippen LogP contribution in [0.3, 0.4) is 0 Å². The van der Waals surface area contributed by atoms with Gasteiger partial charge >= 0.3 is 0 Å². The molecule has 2 heterocycles. The van der Waals surface area contributed by atoms with Gasteiger partial charge in [0.05, 0.1) is 39.8 Å². The van der Waals surface area contributed by atoms with Gasteiger partial charge in [0.2, 0.25) is 10.0 Å². The fourth-order valence-corrected chi connectivity index (χ4v) is 8.88. The molecule has 0 unspecified atom stereocenters. The molecule has 11 heteroatoms. The average molecular weight is 410 g/mol. The highest BCUT2D eigenvalue weighted by molar-refractivity contribution is 7.96. The standard InChI is InChI=1S/C14H19NO7S3/c16-23(17)9-4-14(11-23)24(18,19)12-2-1-3-13(10-12)25(20,21)15-5-7-22-8-6-15/h1-3,10,14H,4-9,11H2/t14-/m1/s1. The van der Waals surface area contributed by atoms with Gasteiger partial charge in [-0.05, 0) is 24.6 Å². The van der Waals surface area contributed by atoms with Crippen LogP contribution < -0.4 is 0 Å². The van der Waals surface area contributed by atoms with E-state index in [1.807, 2.05) is 0 Å². The maximum atomic E-state index is 12.7. The van der Waals surface area contributed by atoms with Gasteiger partial charge in [-0.25, -0.2) is 25.3 Å². The van der Waals surface area contributed by atoms with Gasteiger partial charge in [-0.3, -0.25) is 0 Å². The van der Waals surface area contributed by atoms with Crippen LogP contribution in [-0.2, 0) is 34.4 Å².